The predicted molar refractivity (Wildman–Crippen MR) is 79.5 cm³/mol. The fraction of sp³-hybridized carbons (Fsp3) is 0.375. The number of hydrogen-bond acceptors (Lipinski definition) is 4. The number of aromatic nitrogens is 2. The molecule has 1 N–H and O–H groups in total. The zero-order chi connectivity index (χ0) is 13.8. The number of benzene rings is 1. The van der Waals surface area contributed by atoms with Crippen LogP contribution in [0.25, 0.3) is 11.4 Å². The highest BCUT2D eigenvalue weighted by Gasteiger charge is 2.23. The zero-order valence-electron chi connectivity index (χ0n) is 11.4. The number of hydrogen-bond donors (Lipinski definition) is 1. The van der Waals surface area contributed by atoms with Crippen LogP contribution < -0.4 is 4.90 Å². The van der Waals surface area contributed by atoms with Crippen LogP contribution in [0.3, 0.4) is 0 Å². The van der Waals surface area contributed by atoms with Gasteiger partial charge in [-0.15, -0.1) is 0 Å². The maximum Gasteiger partial charge on any atom is 0.161 e. The highest BCUT2D eigenvalue weighted by Crippen LogP contribution is 2.24. The first-order chi connectivity index (χ1) is 9.88. The second-order valence-electron chi connectivity index (χ2n) is 5.13. The van der Waals surface area contributed by atoms with E-state index in [0.29, 0.717) is 0 Å². The van der Waals surface area contributed by atoms with Gasteiger partial charge in [0.1, 0.15) is 5.82 Å². The SMILES string of the molecule is OC[C@@H]1CCCCN1c1ccnc(-c2ccccc2)n1. The number of piperidine rings is 1. The third kappa shape index (κ3) is 2.65. The molecule has 0 radical (unpaired) electrons. The summed E-state index contributed by atoms with van der Waals surface area (Å²) in [6.07, 6.45) is 5.16. The quantitative estimate of drug-likeness (QED) is 0.930. The lowest BCUT2D eigenvalue weighted by atomic mass is 10.0. The summed E-state index contributed by atoms with van der Waals surface area (Å²) in [7, 11) is 0. The fourth-order valence-corrected chi connectivity index (χ4v) is 2.73. The van der Waals surface area contributed by atoms with Crippen LogP contribution in [0.4, 0.5) is 5.82 Å². The average Bonchev–Trinajstić information content (AvgIpc) is 2.56. The molecule has 0 spiro atoms. The van der Waals surface area contributed by atoms with Gasteiger partial charge < -0.3 is 10.0 Å². The van der Waals surface area contributed by atoms with Gasteiger partial charge in [0, 0.05) is 18.3 Å². The van der Waals surface area contributed by atoms with E-state index < -0.39 is 0 Å². The van der Waals surface area contributed by atoms with Gasteiger partial charge in [0.05, 0.1) is 12.6 Å². The Morgan fingerprint density at radius 3 is 2.80 bits per heavy atom. The lowest BCUT2D eigenvalue weighted by molar-refractivity contribution is 0.239. The highest BCUT2D eigenvalue weighted by atomic mass is 16.3. The number of nitrogens with zero attached hydrogens (tertiary/aromatic N) is 3. The van der Waals surface area contributed by atoms with Gasteiger partial charge in [0.2, 0.25) is 0 Å². The molecule has 0 bridgehead atoms. The smallest absolute Gasteiger partial charge is 0.161 e. The van der Waals surface area contributed by atoms with Crippen molar-refractivity contribution in [2.75, 3.05) is 18.1 Å². The maximum atomic E-state index is 9.52. The van der Waals surface area contributed by atoms with Gasteiger partial charge in [-0.3, -0.25) is 0 Å². The first kappa shape index (κ1) is 13.1. The zero-order valence-corrected chi connectivity index (χ0v) is 11.4. The highest BCUT2D eigenvalue weighted by molar-refractivity contribution is 5.57. The number of aliphatic hydroxyl groups is 1. The Bertz CT molecular complexity index is 559. The molecule has 1 aliphatic heterocycles. The van der Waals surface area contributed by atoms with Crippen molar-refractivity contribution in [1.29, 1.82) is 0 Å². The molecule has 3 rings (SSSR count). The fourth-order valence-electron chi connectivity index (χ4n) is 2.73. The number of anilines is 1. The molecule has 104 valence electrons. The van der Waals surface area contributed by atoms with Crippen molar-refractivity contribution >= 4 is 5.82 Å². The second-order valence-corrected chi connectivity index (χ2v) is 5.13. The standard InChI is InChI=1S/C16H19N3O/c20-12-14-8-4-5-11-19(14)15-9-10-17-16(18-15)13-6-2-1-3-7-13/h1-3,6-7,9-10,14,20H,4-5,8,11-12H2/t14-/m0/s1. The molecular weight excluding hydrogens is 250 g/mol. The Labute approximate surface area is 119 Å². The Morgan fingerprint density at radius 2 is 2.00 bits per heavy atom. The summed E-state index contributed by atoms with van der Waals surface area (Å²) >= 11 is 0. The van der Waals surface area contributed by atoms with Crippen molar-refractivity contribution in [3.05, 3.63) is 42.6 Å². The second kappa shape index (κ2) is 6.01. The van der Waals surface area contributed by atoms with Crippen molar-refractivity contribution in [2.45, 2.75) is 25.3 Å². The Balaban J connectivity index is 1.91. The van der Waals surface area contributed by atoms with Gasteiger partial charge in [0.25, 0.3) is 0 Å². The summed E-state index contributed by atoms with van der Waals surface area (Å²) in [6.45, 7) is 1.14. The molecular formula is C16H19N3O. The van der Waals surface area contributed by atoms with Crippen molar-refractivity contribution in [1.82, 2.24) is 9.97 Å². The molecule has 1 atom stereocenters. The van der Waals surface area contributed by atoms with E-state index in [0.717, 1.165) is 36.6 Å². The van der Waals surface area contributed by atoms with Crippen LogP contribution >= 0.6 is 0 Å². The van der Waals surface area contributed by atoms with Crippen LogP contribution in [0.1, 0.15) is 19.3 Å². The molecule has 20 heavy (non-hydrogen) atoms. The Hall–Kier alpha value is -1.94. The van der Waals surface area contributed by atoms with Crippen LogP contribution in [-0.4, -0.2) is 34.3 Å². The van der Waals surface area contributed by atoms with Gasteiger partial charge in [-0.2, -0.15) is 0 Å². The lowest BCUT2D eigenvalue weighted by Crippen LogP contribution is -2.42. The molecule has 1 saturated heterocycles. The normalized spacial score (nSPS) is 19.1. The molecule has 0 unspecified atom stereocenters. The molecule has 4 heteroatoms. The van der Waals surface area contributed by atoms with Crippen LogP contribution in [0, 0.1) is 0 Å². The minimum atomic E-state index is 0.183. The summed E-state index contributed by atoms with van der Waals surface area (Å²) in [6, 6.07) is 12.1. The summed E-state index contributed by atoms with van der Waals surface area (Å²) < 4.78 is 0. The molecule has 0 amide bonds. The van der Waals surface area contributed by atoms with E-state index in [1.165, 1.54) is 6.42 Å². The third-order valence-electron chi connectivity index (χ3n) is 3.81. The van der Waals surface area contributed by atoms with Crippen LogP contribution in [-0.2, 0) is 0 Å². The van der Waals surface area contributed by atoms with Gasteiger partial charge in [0.15, 0.2) is 5.82 Å². The first-order valence-electron chi connectivity index (χ1n) is 7.14. The minimum absolute atomic E-state index is 0.183. The Morgan fingerprint density at radius 1 is 1.15 bits per heavy atom. The summed E-state index contributed by atoms with van der Waals surface area (Å²) in [4.78, 5) is 11.2. The average molecular weight is 269 g/mol. The molecule has 2 heterocycles. The van der Waals surface area contributed by atoms with Gasteiger partial charge in [-0.1, -0.05) is 30.3 Å². The first-order valence-corrected chi connectivity index (χ1v) is 7.14. The van der Waals surface area contributed by atoms with E-state index in [1.54, 1.807) is 6.20 Å². The largest absolute Gasteiger partial charge is 0.394 e. The van der Waals surface area contributed by atoms with Gasteiger partial charge in [-0.25, -0.2) is 9.97 Å². The molecule has 2 aromatic rings. The van der Waals surface area contributed by atoms with Crippen molar-refractivity contribution in [2.24, 2.45) is 0 Å². The van der Waals surface area contributed by atoms with Gasteiger partial charge in [-0.05, 0) is 25.3 Å². The molecule has 4 nitrogen and oxygen atoms in total. The van der Waals surface area contributed by atoms with Crippen LogP contribution in [0.2, 0.25) is 0 Å². The van der Waals surface area contributed by atoms with E-state index >= 15 is 0 Å². The number of rotatable bonds is 3. The summed E-state index contributed by atoms with van der Waals surface area (Å²) in [5, 5.41) is 9.52. The lowest BCUT2D eigenvalue weighted by Gasteiger charge is -2.35. The van der Waals surface area contributed by atoms with Crippen LogP contribution in [0.5, 0.6) is 0 Å². The summed E-state index contributed by atoms with van der Waals surface area (Å²) in [5.41, 5.74) is 1.02. The van der Waals surface area contributed by atoms with Crippen molar-refractivity contribution < 1.29 is 5.11 Å². The van der Waals surface area contributed by atoms with Crippen molar-refractivity contribution in [3.8, 4) is 11.4 Å². The van der Waals surface area contributed by atoms with E-state index in [1.807, 2.05) is 36.4 Å². The van der Waals surface area contributed by atoms with E-state index in [4.69, 9.17) is 0 Å². The molecule has 0 saturated carbocycles. The third-order valence-corrected chi connectivity index (χ3v) is 3.81. The predicted octanol–water partition coefficient (Wildman–Crippen LogP) is 2.49. The molecule has 1 aliphatic rings. The van der Waals surface area contributed by atoms with Crippen LogP contribution in [0.15, 0.2) is 42.6 Å². The maximum absolute atomic E-state index is 9.52. The topological polar surface area (TPSA) is 49.2 Å². The Kier molecular flexibility index (Phi) is 3.92. The van der Waals surface area contributed by atoms with Crippen molar-refractivity contribution in [3.63, 3.8) is 0 Å². The molecule has 0 aliphatic carbocycles. The minimum Gasteiger partial charge on any atom is -0.394 e. The summed E-state index contributed by atoms with van der Waals surface area (Å²) in [5.74, 6) is 1.66. The molecule has 1 aromatic carbocycles. The van der Waals surface area contributed by atoms with E-state index in [9.17, 15) is 5.11 Å². The molecule has 1 aromatic heterocycles. The van der Waals surface area contributed by atoms with Gasteiger partial charge >= 0.3 is 0 Å². The monoisotopic (exact) mass is 269 g/mol. The van der Waals surface area contributed by atoms with E-state index in [-0.39, 0.29) is 12.6 Å². The molecule has 1 fully saturated rings. The number of aliphatic hydroxyl groups excluding tert-OH is 1. The van der Waals surface area contributed by atoms with E-state index in [2.05, 4.69) is 14.9 Å².